The normalized spacial score (nSPS) is 14.9. The number of carbonyl (C=O) groups is 1. The van der Waals surface area contributed by atoms with Crippen LogP contribution in [0.4, 0.5) is 24.8 Å². The summed E-state index contributed by atoms with van der Waals surface area (Å²) >= 11 is 0. The summed E-state index contributed by atoms with van der Waals surface area (Å²) in [7, 11) is 1.80. The number of nitriles is 1. The van der Waals surface area contributed by atoms with Crippen LogP contribution in [-0.2, 0) is 19.8 Å². The molecular formula is C27H20F3N7O. The Morgan fingerprint density at radius 2 is 1.89 bits per heavy atom. The molecule has 1 saturated carbocycles. The number of hydrogen-bond donors (Lipinski definition) is 1. The Bertz CT molecular complexity index is 1630. The molecule has 190 valence electrons. The molecule has 0 saturated heterocycles. The van der Waals surface area contributed by atoms with E-state index >= 15 is 0 Å². The molecule has 0 spiro atoms. The molecule has 6 rings (SSSR count). The second-order valence-electron chi connectivity index (χ2n) is 9.38. The van der Waals surface area contributed by atoms with Crippen LogP contribution in [0.3, 0.4) is 0 Å². The number of nitrogens with one attached hydrogen (secondary N) is 1. The second-order valence-corrected chi connectivity index (χ2v) is 9.38. The zero-order valence-electron chi connectivity index (χ0n) is 20.1. The van der Waals surface area contributed by atoms with Crippen LogP contribution in [0.25, 0.3) is 22.5 Å². The molecule has 1 aliphatic carbocycles. The summed E-state index contributed by atoms with van der Waals surface area (Å²) in [5, 5.41) is 21.1. The third kappa shape index (κ3) is 4.14. The van der Waals surface area contributed by atoms with Crippen molar-refractivity contribution < 1.29 is 18.0 Å². The van der Waals surface area contributed by atoms with Crippen molar-refractivity contribution in [1.82, 2.24) is 19.7 Å². The van der Waals surface area contributed by atoms with E-state index in [1.807, 2.05) is 6.07 Å². The van der Waals surface area contributed by atoms with E-state index in [2.05, 4.69) is 26.6 Å². The first-order valence-electron chi connectivity index (χ1n) is 11.9. The molecular weight excluding hydrogens is 495 g/mol. The predicted molar refractivity (Wildman–Crippen MR) is 133 cm³/mol. The third-order valence-electron chi connectivity index (χ3n) is 6.70. The Hall–Kier alpha value is -4.72. The average molecular weight is 515 g/mol. The van der Waals surface area contributed by atoms with Crippen LogP contribution in [0.1, 0.15) is 39.9 Å². The van der Waals surface area contributed by atoms with Crippen molar-refractivity contribution in [3.8, 4) is 28.6 Å². The van der Waals surface area contributed by atoms with Crippen LogP contribution < -0.4 is 10.2 Å². The highest BCUT2D eigenvalue weighted by molar-refractivity contribution is 6.10. The molecule has 2 aromatic carbocycles. The van der Waals surface area contributed by atoms with Gasteiger partial charge in [-0.3, -0.25) is 9.69 Å². The fraction of sp³-hybridized carbons (Fsp3) is 0.222. The van der Waals surface area contributed by atoms with Gasteiger partial charge in [0.2, 0.25) is 0 Å². The van der Waals surface area contributed by atoms with Gasteiger partial charge in [-0.25, -0.2) is 4.98 Å². The minimum atomic E-state index is -4.58. The van der Waals surface area contributed by atoms with E-state index in [0.29, 0.717) is 33.9 Å². The predicted octanol–water partition coefficient (Wildman–Crippen LogP) is 5.17. The Morgan fingerprint density at radius 1 is 1.08 bits per heavy atom. The molecule has 11 heteroatoms. The van der Waals surface area contributed by atoms with Gasteiger partial charge < -0.3 is 9.88 Å². The van der Waals surface area contributed by atoms with E-state index < -0.39 is 17.6 Å². The molecule has 38 heavy (non-hydrogen) atoms. The standard InChI is InChI=1S/C27H20F3N7O/c1-36-14-32-35-25(36)18-8-5-15(12-31)9-20(18)16-10-23(33-17-6-7-17)34-24(11-16)37-13-21-19(26(37)38)3-2-4-22(21)27(28,29)30/h2-5,8-11,14,17H,6-7,13H2,1H3,(H,33,34). The highest BCUT2D eigenvalue weighted by Crippen LogP contribution is 2.40. The van der Waals surface area contributed by atoms with E-state index in [9.17, 15) is 23.2 Å². The van der Waals surface area contributed by atoms with E-state index in [4.69, 9.17) is 0 Å². The number of benzene rings is 2. The Kier molecular flexibility index (Phi) is 5.41. The molecule has 1 fully saturated rings. The average Bonchev–Trinajstić information content (AvgIpc) is 3.50. The van der Waals surface area contributed by atoms with Gasteiger partial charge in [0.1, 0.15) is 18.0 Å². The minimum absolute atomic E-state index is 0.00924. The smallest absolute Gasteiger partial charge is 0.367 e. The Balaban J connectivity index is 1.50. The molecule has 0 unspecified atom stereocenters. The van der Waals surface area contributed by atoms with E-state index in [-0.39, 0.29) is 29.5 Å². The molecule has 0 bridgehead atoms. The summed E-state index contributed by atoms with van der Waals surface area (Å²) in [5.41, 5.74) is 1.52. The molecule has 2 aliphatic rings. The van der Waals surface area contributed by atoms with Gasteiger partial charge in [0.05, 0.1) is 23.7 Å². The van der Waals surface area contributed by atoms with Crippen LogP contribution in [0.15, 0.2) is 54.9 Å². The summed E-state index contributed by atoms with van der Waals surface area (Å²) in [5.74, 6) is 0.726. The molecule has 3 heterocycles. The second kappa shape index (κ2) is 8.69. The van der Waals surface area contributed by atoms with Crippen LogP contribution in [0.5, 0.6) is 0 Å². The highest BCUT2D eigenvalue weighted by atomic mass is 19.4. The fourth-order valence-electron chi connectivity index (χ4n) is 4.68. The number of amides is 1. The van der Waals surface area contributed by atoms with E-state index in [1.165, 1.54) is 17.0 Å². The van der Waals surface area contributed by atoms with Gasteiger partial charge in [-0.15, -0.1) is 10.2 Å². The maximum absolute atomic E-state index is 13.7. The molecule has 0 atom stereocenters. The molecule has 2 aromatic heterocycles. The van der Waals surface area contributed by atoms with Gasteiger partial charge in [-0.1, -0.05) is 6.07 Å². The number of aryl methyl sites for hydroxylation is 1. The lowest BCUT2D eigenvalue weighted by atomic mass is 9.97. The summed E-state index contributed by atoms with van der Waals surface area (Å²) in [6.07, 6.45) is -1.08. The van der Waals surface area contributed by atoms with Gasteiger partial charge in [0.15, 0.2) is 5.82 Å². The Morgan fingerprint density at radius 3 is 2.58 bits per heavy atom. The quantitative estimate of drug-likeness (QED) is 0.394. The molecule has 0 radical (unpaired) electrons. The SMILES string of the molecule is Cn1cnnc1-c1ccc(C#N)cc1-c1cc(NC2CC2)nc(N2Cc3c(cccc3C(F)(F)F)C2=O)c1. The van der Waals surface area contributed by atoms with Gasteiger partial charge in [0.25, 0.3) is 5.91 Å². The van der Waals surface area contributed by atoms with Crippen molar-refractivity contribution in [2.24, 2.45) is 7.05 Å². The van der Waals surface area contributed by atoms with Gasteiger partial charge in [0, 0.05) is 24.2 Å². The fourth-order valence-corrected chi connectivity index (χ4v) is 4.68. The number of hydrogen-bond acceptors (Lipinski definition) is 6. The lowest BCUT2D eigenvalue weighted by Crippen LogP contribution is -2.24. The van der Waals surface area contributed by atoms with Crippen molar-refractivity contribution >= 4 is 17.5 Å². The van der Waals surface area contributed by atoms with Crippen molar-refractivity contribution in [1.29, 1.82) is 5.26 Å². The first kappa shape index (κ1) is 23.7. The number of nitrogens with zero attached hydrogens (tertiary/aromatic N) is 6. The topological polar surface area (TPSA) is 99.7 Å². The van der Waals surface area contributed by atoms with E-state index in [1.54, 1.807) is 42.2 Å². The summed E-state index contributed by atoms with van der Waals surface area (Å²) in [4.78, 5) is 19.2. The van der Waals surface area contributed by atoms with Gasteiger partial charge >= 0.3 is 6.18 Å². The number of halogens is 3. The van der Waals surface area contributed by atoms with Gasteiger partial charge in [-0.05, 0) is 72.0 Å². The maximum atomic E-state index is 13.7. The van der Waals surface area contributed by atoms with Crippen LogP contribution in [0.2, 0.25) is 0 Å². The minimum Gasteiger partial charge on any atom is -0.367 e. The lowest BCUT2D eigenvalue weighted by Gasteiger charge is -2.19. The molecule has 4 aromatic rings. The van der Waals surface area contributed by atoms with Crippen molar-refractivity contribution in [3.05, 3.63) is 77.1 Å². The number of carbonyl (C=O) groups excluding carboxylic acids is 1. The molecule has 8 nitrogen and oxygen atoms in total. The number of rotatable bonds is 5. The first-order chi connectivity index (χ1) is 18.2. The zero-order chi connectivity index (χ0) is 26.6. The van der Waals surface area contributed by atoms with Crippen molar-refractivity contribution in [3.63, 3.8) is 0 Å². The van der Waals surface area contributed by atoms with E-state index in [0.717, 1.165) is 18.9 Å². The number of alkyl halides is 3. The molecule has 1 amide bonds. The van der Waals surface area contributed by atoms with Crippen LogP contribution in [0, 0.1) is 11.3 Å². The monoisotopic (exact) mass is 515 g/mol. The maximum Gasteiger partial charge on any atom is 0.416 e. The largest absolute Gasteiger partial charge is 0.416 e. The van der Waals surface area contributed by atoms with Crippen LogP contribution in [-0.4, -0.2) is 31.7 Å². The number of pyridine rings is 1. The van der Waals surface area contributed by atoms with Crippen molar-refractivity contribution in [2.45, 2.75) is 31.6 Å². The Labute approximate surface area is 215 Å². The zero-order valence-corrected chi connectivity index (χ0v) is 20.1. The number of aromatic nitrogens is 4. The first-order valence-corrected chi connectivity index (χ1v) is 11.9. The third-order valence-corrected chi connectivity index (χ3v) is 6.70. The summed E-state index contributed by atoms with van der Waals surface area (Å²) in [6, 6.07) is 14.7. The summed E-state index contributed by atoms with van der Waals surface area (Å²) in [6.45, 7) is -0.252. The molecule has 1 aliphatic heterocycles. The van der Waals surface area contributed by atoms with Gasteiger partial charge in [-0.2, -0.15) is 18.4 Å². The number of anilines is 2. The van der Waals surface area contributed by atoms with Crippen LogP contribution >= 0.6 is 0 Å². The number of fused-ring (bicyclic) bond motifs is 1. The highest BCUT2D eigenvalue weighted by Gasteiger charge is 2.40. The summed E-state index contributed by atoms with van der Waals surface area (Å²) < 4.78 is 42.8. The van der Waals surface area contributed by atoms with Crippen molar-refractivity contribution in [2.75, 3.05) is 10.2 Å². The molecule has 1 N–H and O–H groups in total. The lowest BCUT2D eigenvalue weighted by molar-refractivity contribution is -0.138.